The zero-order valence-electron chi connectivity index (χ0n) is 62.5. The molecule has 0 aliphatic carbocycles. The molecule has 20 aromatic rings. The molecule has 0 radical (unpaired) electrons. The Morgan fingerprint density at radius 2 is 0.681 bits per heavy atom. The second-order valence-corrected chi connectivity index (χ2v) is 28.6. The number of nitrogens with zero attached hydrogens (tertiary/aromatic N) is 11. The van der Waals surface area contributed by atoms with Gasteiger partial charge < -0.3 is 0 Å². The van der Waals surface area contributed by atoms with Gasteiger partial charge in [-0.25, -0.2) is 34.9 Å². The van der Waals surface area contributed by atoms with Crippen molar-refractivity contribution in [2.75, 3.05) is 0 Å². The molecule has 0 aliphatic heterocycles. The summed E-state index contributed by atoms with van der Waals surface area (Å²) in [5.74, 6) is 2.52. The number of hydrogen-bond acceptors (Lipinski definition) is 11. The highest BCUT2D eigenvalue weighted by Crippen LogP contribution is 2.39. The predicted molar refractivity (Wildman–Crippen MR) is 462 cm³/mol. The second kappa shape index (κ2) is 29.6. The van der Waals surface area contributed by atoms with Gasteiger partial charge >= 0.3 is 0 Å². The number of fused-ring (bicyclic) bond motifs is 8. The lowest BCUT2D eigenvalue weighted by Crippen LogP contribution is -2.00. The minimum atomic E-state index is 0.611. The van der Waals surface area contributed by atoms with Gasteiger partial charge in [-0.1, -0.05) is 268 Å². The van der Waals surface area contributed by atoms with E-state index in [0.717, 1.165) is 190 Å². The highest BCUT2D eigenvalue weighted by molar-refractivity contribution is 6.06. The van der Waals surface area contributed by atoms with Gasteiger partial charge in [0.05, 0.1) is 50.4 Å². The molecule has 0 atom stereocenters. The molecule has 0 saturated heterocycles. The number of benzene rings is 12. The minimum absolute atomic E-state index is 0.611. The zero-order chi connectivity index (χ0) is 75.9. The summed E-state index contributed by atoms with van der Waals surface area (Å²) in [6, 6.07) is 114. The summed E-state index contributed by atoms with van der Waals surface area (Å²) < 4.78 is 0. The van der Waals surface area contributed by atoms with Gasteiger partial charge in [-0.3, -0.25) is 19.9 Å². The van der Waals surface area contributed by atoms with E-state index in [2.05, 4.69) is 286 Å². The van der Waals surface area contributed by atoms with Gasteiger partial charge in [-0.2, -0.15) is 0 Å². The number of rotatable bonds is 13. The van der Waals surface area contributed by atoms with Gasteiger partial charge in [0.2, 0.25) is 0 Å². The molecule has 11 heteroatoms. The Morgan fingerprint density at radius 1 is 0.239 bits per heavy atom. The molecule has 11 nitrogen and oxygen atoms in total. The smallest absolute Gasteiger partial charge is 0.164 e. The lowest BCUT2D eigenvalue weighted by atomic mass is 9.98. The van der Waals surface area contributed by atoms with Crippen molar-refractivity contribution in [2.24, 2.45) is 0 Å². The fraction of sp³-hybridized carbons (Fsp3) is 0.0490. The van der Waals surface area contributed by atoms with E-state index < -0.39 is 0 Å². The van der Waals surface area contributed by atoms with E-state index in [1.807, 2.05) is 98.3 Å². The SMILES string of the molecule is CCc1cc(C)nc2c1ccc1ccc(-c3ccc(-c4cccc(-c5nc(-c6ccccc6)nc(-c6cccc(-c7ccnc8ccccc78)c6)n5)c4)cc3)nc12.Cc1cc(C)c2ccc3ccc(-c4cccc(-c5ccc(-c6cc(-c7ccccc7)nc(-c7cccc(-c8cncc9ccccc89)c7)n6)cc5)c4)nc3c2n1. The average molecular weight is 1450 g/mol. The molecule has 0 fully saturated rings. The van der Waals surface area contributed by atoms with E-state index in [-0.39, 0.29) is 0 Å². The Labute approximate surface area is 654 Å². The van der Waals surface area contributed by atoms with Crippen LogP contribution in [-0.4, -0.2) is 54.8 Å². The number of para-hydroxylation sites is 1. The predicted octanol–water partition coefficient (Wildman–Crippen LogP) is 25.1. The molecule has 0 aliphatic rings. The molecule has 0 amide bonds. The van der Waals surface area contributed by atoms with Crippen molar-refractivity contribution in [2.45, 2.75) is 34.1 Å². The maximum absolute atomic E-state index is 5.17. The van der Waals surface area contributed by atoms with Crippen LogP contribution in [0.25, 0.3) is 200 Å². The first-order valence-corrected chi connectivity index (χ1v) is 38.1. The molecule has 8 aromatic heterocycles. The van der Waals surface area contributed by atoms with Gasteiger partial charge in [0.1, 0.15) is 0 Å². The third-order valence-electron chi connectivity index (χ3n) is 21.2. The first-order chi connectivity index (χ1) is 55.6. The van der Waals surface area contributed by atoms with E-state index in [1.54, 1.807) is 0 Å². The van der Waals surface area contributed by atoms with Crippen molar-refractivity contribution in [3.05, 3.63) is 369 Å². The molecule has 0 bridgehead atoms. The summed E-state index contributed by atoms with van der Waals surface area (Å²) in [6.45, 7) is 8.42. The summed E-state index contributed by atoms with van der Waals surface area (Å²) in [6.07, 6.45) is 6.66. The Kier molecular flexibility index (Phi) is 18.0. The number of aromatic nitrogens is 11. The summed E-state index contributed by atoms with van der Waals surface area (Å²) in [4.78, 5) is 54.7. The molecule has 0 saturated carbocycles. The molecule has 12 aromatic carbocycles. The van der Waals surface area contributed by atoms with Crippen LogP contribution in [0.2, 0.25) is 0 Å². The fourth-order valence-electron chi connectivity index (χ4n) is 15.4. The van der Waals surface area contributed by atoms with E-state index in [1.165, 1.54) is 16.5 Å². The van der Waals surface area contributed by atoms with E-state index in [9.17, 15) is 0 Å². The molecule has 113 heavy (non-hydrogen) atoms. The maximum atomic E-state index is 5.17. The van der Waals surface area contributed by atoms with Crippen LogP contribution in [-0.2, 0) is 6.42 Å². The topological polar surface area (TPSA) is 142 Å². The number of pyridine rings is 6. The molecule has 0 unspecified atom stereocenters. The van der Waals surface area contributed by atoms with E-state index in [4.69, 9.17) is 44.9 Å². The minimum Gasteiger partial charge on any atom is -0.263 e. The normalized spacial score (nSPS) is 11.4. The van der Waals surface area contributed by atoms with Crippen LogP contribution < -0.4 is 0 Å². The Hall–Kier alpha value is -14.8. The molecule has 0 spiro atoms. The van der Waals surface area contributed by atoms with Gasteiger partial charge in [-0.15, -0.1) is 0 Å². The molecule has 0 N–H and O–H groups in total. The van der Waals surface area contributed by atoms with E-state index in [0.29, 0.717) is 23.3 Å². The fourth-order valence-corrected chi connectivity index (χ4v) is 15.4. The first-order valence-electron chi connectivity index (χ1n) is 38.1. The van der Waals surface area contributed by atoms with Crippen molar-refractivity contribution in [1.29, 1.82) is 0 Å². The molecule has 534 valence electrons. The average Bonchev–Trinajstić information content (AvgIpc) is 0.771. The zero-order valence-corrected chi connectivity index (χ0v) is 62.5. The standard InChI is InChI=1S/C51H36N6.C51H35N5/c1-3-33-29-32(2)53-48-43(33)25-23-36-24-26-45(54-47(36)48)35-21-19-34(20-22-35)38-13-9-15-40(30-38)50-55-49(37-11-5-4-6-12-37)56-51(57-50)41-16-10-14-39(31-41)42-27-28-52-46-18-8-7-17-44(42)46;1-32-26-33(2)53-50-43(32)24-22-37-23-25-46(54-49(37)50)40-15-8-13-38(27-40)34-18-20-36(21-19-34)48-29-47(35-10-4-3-5-11-35)55-51(56-48)41-16-9-14-39(28-41)45-31-52-30-42-12-6-7-17-44(42)45/h4-31H,3H2,1-2H3;3-31H,1-2H3. The van der Waals surface area contributed by atoms with Crippen LogP contribution in [0.3, 0.4) is 0 Å². The third kappa shape index (κ3) is 13.7. The van der Waals surface area contributed by atoms with Crippen molar-refractivity contribution in [1.82, 2.24) is 54.8 Å². The molecular formula is C102H71N11. The van der Waals surface area contributed by atoms with Gasteiger partial charge in [0.25, 0.3) is 0 Å². The third-order valence-corrected chi connectivity index (χ3v) is 21.2. The highest BCUT2D eigenvalue weighted by atomic mass is 15.0. The summed E-state index contributed by atoms with van der Waals surface area (Å²) in [5.41, 5.74) is 29.4. The van der Waals surface area contributed by atoms with Crippen LogP contribution >= 0.6 is 0 Å². The Bertz CT molecular complexity index is 7060. The quantitative estimate of drug-likeness (QED) is 0.102. The Balaban J connectivity index is 0.000000152. The van der Waals surface area contributed by atoms with Gasteiger partial charge in [0, 0.05) is 112 Å². The lowest BCUT2D eigenvalue weighted by Gasteiger charge is -2.12. The van der Waals surface area contributed by atoms with Crippen LogP contribution in [0.5, 0.6) is 0 Å². The van der Waals surface area contributed by atoms with Gasteiger partial charge in [0.15, 0.2) is 23.3 Å². The number of hydrogen-bond donors (Lipinski definition) is 0. The molecule has 20 rings (SSSR count). The maximum Gasteiger partial charge on any atom is 0.164 e. The Morgan fingerprint density at radius 3 is 1.31 bits per heavy atom. The molecule has 8 heterocycles. The van der Waals surface area contributed by atoms with Crippen LogP contribution in [0, 0.1) is 20.8 Å². The second-order valence-electron chi connectivity index (χ2n) is 28.6. The van der Waals surface area contributed by atoms with Crippen LogP contribution in [0.1, 0.15) is 29.4 Å². The van der Waals surface area contributed by atoms with Crippen molar-refractivity contribution < 1.29 is 0 Å². The van der Waals surface area contributed by atoms with Crippen LogP contribution in [0.4, 0.5) is 0 Å². The van der Waals surface area contributed by atoms with Crippen LogP contribution in [0.15, 0.2) is 346 Å². The van der Waals surface area contributed by atoms with Crippen molar-refractivity contribution in [3.8, 4) is 135 Å². The lowest BCUT2D eigenvalue weighted by molar-refractivity contribution is 1.07. The summed E-state index contributed by atoms with van der Waals surface area (Å²) in [7, 11) is 0. The van der Waals surface area contributed by atoms with Gasteiger partial charge in [-0.05, 0) is 149 Å². The summed E-state index contributed by atoms with van der Waals surface area (Å²) >= 11 is 0. The number of aryl methyl sites for hydroxylation is 4. The summed E-state index contributed by atoms with van der Waals surface area (Å²) in [5, 5.41) is 7.86. The van der Waals surface area contributed by atoms with Crippen molar-refractivity contribution in [3.63, 3.8) is 0 Å². The monoisotopic (exact) mass is 1450 g/mol. The van der Waals surface area contributed by atoms with Crippen molar-refractivity contribution >= 4 is 65.3 Å². The molecular weight excluding hydrogens is 1380 g/mol. The largest absolute Gasteiger partial charge is 0.263 e. The van der Waals surface area contributed by atoms with E-state index >= 15 is 0 Å². The first kappa shape index (κ1) is 68.7. The highest BCUT2D eigenvalue weighted by Gasteiger charge is 2.19.